The molecule has 5 rings (SSSR count). The van der Waals surface area contributed by atoms with Crippen LogP contribution in [0.25, 0.3) is 0 Å². The first-order valence-corrected chi connectivity index (χ1v) is 32.1. The molecule has 9 N–H and O–H groups in total. The Kier molecular flexibility index (Phi) is 27.4. The van der Waals surface area contributed by atoms with Crippen molar-refractivity contribution < 1.29 is 85.1 Å². The van der Waals surface area contributed by atoms with E-state index in [1.807, 2.05) is 6.92 Å². The third-order valence-electron chi connectivity index (χ3n) is 16.5. The van der Waals surface area contributed by atoms with Gasteiger partial charge in [-0.25, -0.2) is 14.4 Å². The average molecular weight is 1430 g/mol. The lowest BCUT2D eigenvalue weighted by molar-refractivity contribution is -0.158. The molecule has 0 saturated carbocycles. The van der Waals surface area contributed by atoms with Gasteiger partial charge in [0.1, 0.15) is 59.3 Å². The molecule has 0 radical (unpaired) electrons. The molecule has 2 aromatic carbocycles. The topological polar surface area (TPSA) is 328 Å². The van der Waals surface area contributed by atoms with Crippen LogP contribution >= 0.6 is 43.5 Å². The number of primary amides is 1. The van der Waals surface area contributed by atoms with Crippen molar-refractivity contribution in [2.75, 3.05) is 62.3 Å². The normalized spacial score (nSPS) is 24.3. The van der Waals surface area contributed by atoms with Gasteiger partial charge in [0, 0.05) is 56.4 Å². The number of hydrogen-bond acceptors (Lipinski definition) is 17. The number of aldehydes is 2. The predicted octanol–water partition coefficient (Wildman–Crippen LogP) is 6.39. The van der Waals surface area contributed by atoms with Crippen LogP contribution in [0.2, 0.25) is 5.02 Å². The number of alkyl halides is 5. The second kappa shape index (κ2) is 33.1. The largest absolute Gasteiger partial charge is 0.495 e. The lowest BCUT2D eigenvalue weighted by Gasteiger charge is -2.42. The number of carbonyl (C=O) groups excluding carboxylic acids is 9. The number of nitrogens with two attached hydrogens (primary N) is 1. The van der Waals surface area contributed by atoms with Crippen LogP contribution in [0.1, 0.15) is 108 Å². The Morgan fingerprint density at radius 1 is 1.02 bits per heavy atom. The lowest BCUT2D eigenvalue weighted by Crippen LogP contribution is -2.63. The van der Waals surface area contributed by atoms with Crippen LogP contribution in [0.4, 0.5) is 34.1 Å². The van der Waals surface area contributed by atoms with Crippen molar-refractivity contribution in [3.8, 4) is 5.75 Å². The number of ether oxygens (including phenoxy) is 5. The molecule has 504 valence electrons. The Bertz CT molecular complexity index is 3030. The smallest absolute Gasteiger partial charge is 0.417 e. The maximum atomic E-state index is 15.2. The number of epoxide rings is 1. The van der Waals surface area contributed by atoms with Gasteiger partial charge in [0.05, 0.1) is 54.1 Å². The summed E-state index contributed by atoms with van der Waals surface area (Å²) in [5.74, 6) is -5.79. The van der Waals surface area contributed by atoms with Crippen molar-refractivity contribution in [1.29, 1.82) is 0 Å². The number of allylic oxidation sites excluding steroid dienone is 3. The number of methoxy groups -OCH3 is 2. The van der Waals surface area contributed by atoms with E-state index < -0.39 is 148 Å². The molecular weight excluding hydrogens is 1350 g/mol. The first-order chi connectivity index (χ1) is 42.7. The van der Waals surface area contributed by atoms with Gasteiger partial charge in [-0.1, -0.05) is 94.5 Å². The molecule has 30 heteroatoms. The number of urea groups is 1. The number of fused-ring (bicyclic) bond motifs is 5. The molecule has 4 bridgehead atoms. The lowest BCUT2D eigenvalue weighted by atomic mass is 9.83. The summed E-state index contributed by atoms with van der Waals surface area (Å²) in [6.07, 6.45) is -3.44. The number of unbranched alkanes of at least 4 members (excludes halogenated alkanes) is 1. The highest BCUT2D eigenvalue weighted by atomic mass is 79.9. The highest BCUT2D eigenvalue weighted by Gasteiger charge is 2.64. The fourth-order valence-electron chi connectivity index (χ4n) is 10.7. The molecule has 24 nitrogen and oxygen atoms in total. The van der Waals surface area contributed by atoms with Crippen LogP contribution in [0.3, 0.4) is 0 Å². The van der Waals surface area contributed by atoms with Gasteiger partial charge in [-0.05, 0) is 101 Å². The maximum absolute atomic E-state index is 15.2. The van der Waals surface area contributed by atoms with Gasteiger partial charge < -0.3 is 75.2 Å². The van der Waals surface area contributed by atoms with E-state index >= 15 is 13.2 Å². The Labute approximate surface area is 548 Å². The number of amides is 7. The third-order valence-corrected chi connectivity index (χ3v) is 18.9. The molecule has 7 amide bonds. The molecule has 0 aromatic heterocycles. The molecule has 2 saturated heterocycles. The van der Waals surface area contributed by atoms with Crippen molar-refractivity contribution in [3.05, 3.63) is 75.8 Å². The minimum Gasteiger partial charge on any atom is -0.495 e. The molecular formula is C61H83Br2ClF3N9O15. The summed E-state index contributed by atoms with van der Waals surface area (Å²) in [7, 11) is 5.27. The number of alkyl carbamates (subject to hydrolysis) is 1. The molecule has 11 atom stereocenters. The molecule has 91 heavy (non-hydrogen) atoms. The molecule has 2 aromatic rings. The van der Waals surface area contributed by atoms with E-state index in [1.54, 1.807) is 58.1 Å². The summed E-state index contributed by atoms with van der Waals surface area (Å²) in [5.41, 5.74) is -0.288. The van der Waals surface area contributed by atoms with Crippen molar-refractivity contribution in [2.45, 2.75) is 165 Å². The van der Waals surface area contributed by atoms with Gasteiger partial charge in [0.25, 0.3) is 5.91 Å². The number of benzene rings is 2. The number of nitrogens with one attached hydrogen (secondary N) is 6. The van der Waals surface area contributed by atoms with Gasteiger partial charge >= 0.3 is 24.3 Å². The number of esters is 1. The van der Waals surface area contributed by atoms with Gasteiger partial charge in [0.15, 0.2) is 5.72 Å². The molecule has 0 aliphatic carbocycles. The number of hydrogen-bond donors (Lipinski definition) is 8. The molecule has 0 spiro atoms. The van der Waals surface area contributed by atoms with Gasteiger partial charge in [-0.3, -0.25) is 29.8 Å². The van der Waals surface area contributed by atoms with E-state index in [1.165, 1.54) is 33.1 Å². The number of nitrogens with zero attached hydrogens (tertiary/aromatic N) is 2. The Morgan fingerprint density at radius 3 is 2.32 bits per heavy atom. The molecule has 2 fully saturated rings. The van der Waals surface area contributed by atoms with Gasteiger partial charge in [-0.2, -0.15) is 13.2 Å². The Balaban J connectivity index is 1.39. The zero-order chi connectivity index (χ0) is 67.9. The highest BCUT2D eigenvalue weighted by molar-refractivity contribution is 9.10. The quantitative estimate of drug-likeness (QED) is 0.0158. The van der Waals surface area contributed by atoms with Crippen molar-refractivity contribution >= 4 is 109 Å². The average Bonchev–Trinajstić information content (AvgIpc) is 1.58. The van der Waals surface area contributed by atoms with Crippen LogP contribution in [0, 0.1) is 11.8 Å². The zero-order valence-corrected chi connectivity index (χ0v) is 56.4. The molecule has 3 aliphatic heterocycles. The number of anilines is 2. The van der Waals surface area contributed by atoms with Gasteiger partial charge in [0.2, 0.25) is 17.7 Å². The Hall–Kier alpha value is -6.21. The van der Waals surface area contributed by atoms with E-state index in [9.17, 15) is 48.3 Å². The standard InChI is InChI=1S/C61H83Br2ClF3N9O15/c1-33(2)50(71-39(29-77)16-11-12-22-70-59(30-62,31-63)32-78)53(81)73-42(17-14-21-69-56(68)84)52(80)72-38-19-20-40(41(26-38)61(65,66)67)54(82)75(7)36(5)55(83)90-47-27-48(79)76(8)43-24-37(25-44(87-9)49(43)64)23-34(3)15-13-18-46(88-10)60(86)28-45(89-57(85)74-60)35(4)51-58(47,6)91-51/h13,15,18-20,24-26,29,32-33,35-36,39,42,45-47,50-51,70-71,86H,11-12,14,16-17,21-23,27-28,30-31H2,1-10H3,(H,72,80)(H,73,81)(H,74,85)(H3,68,69,84)/b18-13+,34-15+/t35-,36+,39?,42+,45+,46-,47+,50+,51+,58+,60+/m1/s1. The zero-order valence-electron chi connectivity index (χ0n) is 52.4. The van der Waals surface area contributed by atoms with Crippen LogP contribution in [0.5, 0.6) is 5.75 Å². The SMILES string of the molecule is COc1cc2cc(c1Cl)N(C)C(=O)C[C@H](OC(=O)[C@H](C)N(C)C(=O)c1ccc(NC(=O)[C@H](CCCNC(N)=O)NC(=O)[C@@H](NC(C=O)CCCCNC(C=O)(CBr)CBr)C(C)C)cc1C(F)(F)F)[C@]1(C)O[C@H]1[C@H](C)[C@@H]1C[C@@](O)(NC(=O)O1)[C@H](OC)/C=C/C=C(\C)C2. The molecule has 3 heterocycles. The molecule has 1 unspecified atom stereocenters. The van der Waals surface area contributed by atoms with Crippen molar-refractivity contribution in [2.24, 2.45) is 17.6 Å². The predicted molar refractivity (Wildman–Crippen MR) is 339 cm³/mol. The fourth-order valence-corrected chi connectivity index (χ4v) is 12.6. The van der Waals surface area contributed by atoms with E-state index in [2.05, 4.69) is 63.8 Å². The number of rotatable bonds is 27. The van der Waals surface area contributed by atoms with Crippen LogP contribution in [0.15, 0.2) is 54.1 Å². The Morgan fingerprint density at radius 2 is 1.71 bits per heavy atom. The van der Waals surface area contributed by atoms with Crippen LogP contribution in [-0.2, 0) is 60.3 Å². The van der Waals surface area contributed by atoms with Crippen LogP contribution in [-0.4, -0.2) is 182 Å². The van der Waals surface area contributed by atoms with Crippen molar-refractivity contribution in [1.82, 2.24) is 31.5 Å². The first kappa shape index (κ1) is 75.5. The maximum Gasteiger partial charge on any atom is 0.417 e. The summed E-state index contributed by atoms with van der Waals surface area (Å²) in [4.78, 5) is 122. The minimum atomic E-state index is -5.24. The number of aliphatic hydroxyl groups is 1. The van der Waals surface area contributed by atoms with E-state index in [0.29, 0.717) is 65.7 Å². The number of halogens is 6. The van der Waals surface area contributed by atoms with Crippen LogP contribution < -0.4 is 47.3 Å². The van der Waals surface area contributed by atoms with Gasteiger partial charge in [-0.15, -0.1) is 0 Å². The van der Waals surface area contributed by atoms with Crippen molar-refractivity contribution in [3.63, 3.8) is 0 Å². The summed E-state index contributed by atoms with van der Waals surface area (Å²) >= 11 is 13.5. The third kappa shape index (κ3) is 19.7. The second-order valence-corrected chi connectivity index (χ2v) is 25.2. The summed E-state index contributed by atoms with van der Waals surface area (Å²) in [6.45, 7) is 10.1. The minimum absolute atomic E-state index is 0.0462. The fraction of sp³-hybridized carbons (Fsp3) is 0.590. The number of carbonyl (C=O) groups is 9. The first-order valence-electron chi connectivity index (χ1n) is 29.5. The highest BCUT2D eigenvalue weighted by Crippen LogP contribution is 2.49. The second-order valence-electron chi connectivity index (χ2n) is 23.7. The summed E-state index contributed by atoms with van der Waals surface area (Å²) < 4.78 is 74.7. The van der Waals surface area contributed by atoms with E-state index in [4.69, 9.17) is 41.0 Å². The monoisotopic (exact) mass is 1430 g/mol. The summed E-state index contributed by atoms with van der Waals surface area (Å²) in [5, 5.41) is 28.8. The van der Waals surface area contributed by atoms with E-state index in [0.717, 1.165) is 31.0 Å². The molecule has 3 aliphatic rings. The van der Waals surface area contributed by atoms with E-state index in [-0.39, 0.29) is 42.3 Å². The number of likely N-dealkylation sites (N-methyl/N-ethyl adjacent to an activating group) is 1. The summed E-state index contributed by atoms with van der Waals surface area (Å²) in [6, 6.07) is -0.0919.